The number of rotatable bonds is 2. The van der Waals surface area contributed by atoms with Crippen LogP contribution in [0.1, 0.15) is 5.82 Å². The van der Waals surface area contributed by atoms with Gasteiger partial charge in [-0.2, -0.15) is 13.5 Å². The molecule has 0 spiro atoms. The fraction of sp³-hybridized carbons (Fsp3) is 0.143. The summed E-state index contributed by atoms with van der Waals surface area (Å²) in [5.41, 5.74) is -1.53. The molecule has 2 aromatic rings. The van der Waals surface area contributed by atoms with Crippen molar-refractivity contribution < 1.29 is 18.9 Å². The Balaban J connectivity index is 2.84. The van der Waals surface area contributed by atoms with Gasteiger partial charge in [-0.15, -0.1) is 0 Å². The Morgan fingerprint density at radius 3 is 2.76 bits per heavy atom. The number of halogens is 3. The molecular weight excluding hydrogens is 262 g/mol. The topological polar surface area (TPSA) is 94.1 Å². The van der Waals surface area contributed by atoms with E-state index in [0.717, 1.165) is 12.3 Å². The van der Waals surface area contributed by atoms with Crippen molar-refractivity contribution in [3.05, 3.63) is 28.2 Å². The number of aromatic nitrogens is 3. The number of hydrogen-bond donors (Lipinski definition) is 1. The van der Waals surface area contributed by atoms with E-state index in [1.54, 1.807) is 0 Å². The van der Waals surface area contributed by atoms with E-state index in [9.17, 15) is 24.1 Å². The molecule has 0 radical (unpaired) electrons. The average molecular weight is 265 g/mol. The van der Waals surface area contributed by atoms with E-state index < -0.39 is 33.0 Å². The summed E-state index contributed by atoms with van der Waals surface area (Å²) in [6, 6.07) is 0.951. The molecule has 17 heavy (non-hydrogen) atoms. The fourth-order valence-electron chi connectivity index (χ4n) is 1.30. The Labute approximate surface area is 96.4 Å². The van der Waals surface area contributed by atoms with Crippen LogP contribution >= 0.6 is 11.6 Å². The van der Waals surface area contributed by atoms with Crippen molar-refractivity contribution in [2.45, 2.75) is 5.38 Å². The maximum absolute atomic E-state index is 12.8. The van der Waals surface area contributed by atoms with Crippen molar-refractivity contribution >= 4 is 28.5 Å². The third kappa shape index (κ3) is 1.73. The number of fused-ring (bicyclic) bond motifs is 1. The second kappa shape index (κ2) is 3.48. The van der Waals surface area contributed by atoms with Crippen LogP contribution in [0.15, 0.2) is 12.3 Å². The molecule has 2 heterocycles. The minimum Gasteiger partial charge on any atom is -0.426 e. The minimum atomic E-state index is -3.96. The number of nitro groups is 1. The smallest absolute Gasteiger partial charge is 0.383 e. The lowest BCUT2D eigenvalue weighted by Gasteiger charge is -2.05. The van der Waals surface area contributed by atoms with Gasteiger partial charge in [-0.1, -0.05) is 0 Å². The first-order valence-corrected chi connectivity index (χ1v) is 4.48. The van der Waals surface area contributed by atoms with Gasteiger partial charge >= 0.3 is 11.1 Å². The molecule has 0 bridgehead atoms. The summed E-state index contributed by atoms with van der Waals surface area (Å²) in [6.07, 6.45) is 1.02. The predicted octanol–water partition coefficient (Wildman–Crippen LogP) is 1.86. The molecule has 0 saturated carbocycles. The third-order valence-electron chi connectivity index (χ3n) is 1.96. The number of pyridine rings is 1. The molecule has 0 aliphatic rings. The van der Waals surface area contributed by atoms with Gasteiger partial charge in [0.2, 0.25) is 11.3 Å². The zero-order valence-electron chi connectivity index (χ0n) is 7.84. The summed E-state index contributed by atoms with van der Waals surface area (Å²) >= 11 is 4.69. The van der Waals surface area contributed by atoms with Crippen LogP contribution in [0.4, 0.5) is 14.5 Å². The van der Waals surface area contributed by atoms with Gasteiger partial charge in [0, 0.05) is 12.3 Å². The zero-order chi connectivity index (χ0) is 12.8. The molecule has 0 unspecified atom stereocenters. The second-order valence-corrected chi connectivity index (χ2v) is 3.48. The van der Waals surface area contributed by atoms with Crippen molar-refractivity contribution in [3.63, 3.8) is 0 Å². The number of imidazole rings is 1. The summed E-state index contributed by atoms with van der Waals surface area (Å²) in [7, 11) is 0. The Kier molecular flexibility index (Phi) is 2.35. The highest BCUT2D eigenvalue weighted by molar-refractivity contribution is 6.21. The van der Waals surface area contributed by atoms with Gasteiger partial charge in [0.1, 0.15) is 0 Å². The molecule has 0 saturated heterocycles. The molecule has 2 rings (SSSR count). The molecule has 0 aliphatic heterocycles. The molecule has 1 N–H and O–H groups in total. The summed E-state index contributed by atoms with van der Waals surface area (Å²) in [6.45, 7) is 0. The predicted molar refractivity (Wildman–Crippen MR) is 51.1 cm³/mol. The molecule has 0 fully saturated rings. The standard InChI is InChI=1S/C7H3ClF2N4O3/c8-7(9,10)6-12-5-4(13(6)15)3(14(16)17)1-2-11-5/h1-2,15H. The average Bonchev–Trinajstić information content (AvgIpc) is 2.55. The first-order valence-electron chi connectivity index (χ1n) is 4.10. The maximum Gasteiger partial charge on any atom is 0.383 e. The maximum atomic E-state index is 12.8. The highest BCUT2D eigenvalue weighted by atomic mass is 35.5. The van der Waals surface area contributed by atoms with Gasteiger partial charge in [-0.05, 0) is 11.6 Å². The second-order valence-electron chi connectivity index (χ2n) is 3.00. The quantitative estimate of drug-likeness (QED) is 0.387. The minimum absolute atomic E-state index is 0.131. The van der Waals surface area contributed by atoms with Crippen molar-refractivity contribution in [1.29, 1.82) is 0 Å². The van der Waals surface area contributed by atoms with Crippen molar-refractivity contribution in [3.8, 4) is 0 Å². The molecule has 2 aromatic heterocycles. The van der Waals surface area contributed by atoms with Crippen LogP contribution < -0.4 is 0 Å². The molecule has 10 heteroatoms. The van der Waals surface area contributed by atoms with E-state index in [0.29, 0.717) is 0 Å². The summed E-state index contributed by atoms with van der Waals surface area (Å²) in [5, 5.41) is 16.1. The van der Waals surface area contributed by atoms with Gasteiger partial charge in [0.25, 0.3) is 0 Å². The SMILES string of the molecule is O=[N+]([O-])c1ccnc2nc(C(F)(F)Cl)n(O)c12. The molecular formula is C7H3ClF2N4O3. The summed E-state index contributed by atoms with van der Waals surface area (Å²) in [5.74, 6) is -1.23. The lowest BCUT2D eigenvalue weighted by atomic mass is 10.4. The number of nitrogens with zero attached hydrogens (tertiary/aromatic N) is 4. The number of hydrogen-bond acceptors (Lipinski definition) is 5. The van der Waals surface area contributed by atoms with Gasteiger partial charge in [-0.3, -0.25) is 10.1 Å². The Morgan fingerprint density at radius 1 is 1.59 bits per heavy atom. The first-order chi connectivity index (χ1) is 7.82. The third-order valence-corrected chi connectivity index (χ3v) is 2.13. The zero-order valence-corrected chi connectivity index (χ0v) is 8.60. The van der Waals surface area contributed by atoms with E-state index in [2.05, 4.69) is 9.97 Å². The molecule has 0 aromatic carbocycles. The van der Waals surface area contributed by atoms with Crippen LogP contribution in [0.3, 0.4) is 0 Å². The Morgan fingerprint density at radius 2 is 2.24 bits per heavy atom. The molecule has 90 valence electrons. The Hall–Kier alpha value is -2.03. The molecule has 7 nitrogen and oxygen atoms in total. The first kappa shape index (κ1) is 11.5. The van der Waals surface area contributed by atoms with Gasteiger partial charge in [-0.25, -0.2) is 9.97 Å². The highest BCUT2D eigenvalue weighted by Crippen LogP contribution is 2.34. The van der Waals surface area contributed by atoms with Crippen LogP contribution in [0.5, 0.6) is 0 Å². The van der Waals surface area contributed by atoms with Crippen molar-refractivity contribution in [1.82, 2.24) is 14.7 Å². The van der Waals surface area contributed by atoms with Gasteiger partial charge in [0.15, 0.2) is 5.65 Å². The van der Waals surface area contributed by atoms with Gasteiger partial charge in [0.05, 0.1) is 4.92 Å². The molecule has 0 amide bonds. The van der Waals surface area contributed by atoms with Crippen molar-refractivity contribution in [2.75, 3.05) is 0 Å². The van der Waals surface area contributed by atoms with E-state index >= 15 is 0 Å². The molecule has 0 atom stereocenters. The van der Waals surface area contributed by atoms with Crippen LogP contribution in [-0.4, -0.2) is 24.8 Å². The summed E-state index contributed by atoms with van der Waals surface area (Å²) < 4.78 is 25.5. The lowest BCUT2D eigenvalue weighted by Crippen LogP contribution is -2.12. The highest BCUT2D eigenvalue weighted by Gasteiger charge is 2.37. The largest absolute Gasteiger partial charge is 0.426 e. The van der Waals surface area contributed by atoms with E-state index in [1.165, 1.54) is 0 Å². The number of alkyl halides is 3. The van der Waals surface area contributed by atoms with E-state index in [-0.39, 0.29) is 4.73 Å². The van der Waals surface area contributed by atoms with Crippen LogP contribution in [0, 0.1) is 10.1 Å². The van der Waals surface area contributed by atoms with Crippen LogP contribution in [0.2, 0.25) is 0 Å². The fourth-order valence-corrected chi connectivity index (χ4v) is 1.42. The molecule has 0 aliphatic carbocycles. The van der Waals surface area contributed by atoms with E-state index in [4.69, 9.17) is 11.6 Å². The van der Waals surface area contributed by atoms with Crippen LogP contribution in [-0.2, 0) is 5.38 Å². The van der Waals surface area contributed by atoms with Crippen LogP contribution in [0.25, 0.3) is 11.2 Å². The van der Waals surface area contributed by atoms with Crippen molar-refractivity contribution in [2.24, 2.45) is 0 Å². The Bertz CT molecular complexity index is 609. The van der Waals surface area contributed by atoms with E-state index in [1.807, 2.05) is 0 Å². The lowest BCUT2D eigenvalue weighted by molar-refractivity contribution is -0.383. The normalized spacial score (nSPS) is 11.9. The van der Waals surface area contributed by atoms with Gasteiger partial charge < -0.3 is 5.21 Å². The monoisotopic (exact) mass is 264 g/mol. The summed E-state index contributed by atoms with van der Waals surface area (Å²) in [4.78, 5) is 16.6.